The summed E-state index contributed by atoms with van der Waals surface area (Å²) in [5.41, 5.74) is 0.198. The summed E-state index contributed by atoms with van der Waals surface area (Å²) in [4.78, 5) is 16.2. The van der Waals surface area contributed by atoms with E-state index in [0.29, 0.717) is 10.8 Å². The van der Waals surface area contributed by atoms with Gasteiger partial charge >= 0.3 is 0 Å². The summed E-state index contributed by atoms with van der Waals surface area (Å²) in [6, 6.07) is 3.42. The number of amides is 1. The van der Waals surface area contributed by atoms with Gasteiger partial charge in [0.05, 0.1) is 5.02 Å². The standard InChI is InChI=1S/C12H16ClN3O/c1-12(6-3-7-12)16-11(17)10-8(13)4-5-9(14-2)15-10/h4-5H,3,6-7H2,1-2H3,(H,14,15)(H,16,17). The Bertz CT molecular complexity index is 443. The van der Waals surface area contributed by atoms with Gasteiger partial charge in [0.1, 0.15) is 11.5 Å². The lowest BCUT2D eigenvalue weighted by molar-refractivity contribution is 0.0845. The molecule has 1 aromatic rings. The fraction of sp³-hybridized carbons (Fsp3) is 0.500. The number of carbonyl (C=O) groups is 1. The average molecular weight is 254 g/mol. The van der Waals surface area contributed by atoms with Gasteiger partial charge in [0.15, 0.2) is 0 Å². The quantitative estimate of drug-likeness (QED) is 0.870. The van der Waals surface area contributed by atoms with E-state index in [1.54, 1.807) is 19.2 Å². The van der Waals surface area contributed by atoms with Gasteiger partial charge in [-0.25, -0.2) is 4.98 Å². The van der Waals surface area contributed by atoms with Crippen LogP contribution < -0.4 is 10.6 Å². The van der Waals surface area contributed by atoms with Gasteiger partial charge in [-0.1, -0.05) is 11.6 Å². The first-order chi connectivity index (χ1) is 8.04. The minimum atomic E-state index is -0.200. The van der Waals surface area contributed by atoms with Crippen molar-refractivity contribution in [3.05, 3.63) is 22.8 Å². The zero-order chi connectivity index (χ0) is 12.5. The van der Waals surface area contributed by atoms with E-state index in [2.05, 4.69) is 15.6 Å². The van der Waals surface area contributed by atoms with E-state index in [0.717, 1.165) is 19.3 Å². The lowest BCUT2D eigenvalue weighted by Gasteiger charge is -2.39. The monoisotopic (exact) mass is 253 g/mol. The molecule has 1 aromatic heterocycles. The number of anilines is 1. The molecule has 0 radical (unpaired) electrons. The Morgan fingerprint density at radius 2 is 2.18 bits per heavy atom. The van der Waals surface area contributed by atoms with Gasteiger partial charge < -0.3 is 10.6 Å². The van der Waals surface area contributed by atoms with Crippen molar-refractivity contribution in [1.29, 1.82) is 0 Å². The third kappa shape index (κ3) is 2.52. The number of hydrogen-bond donors (Lipinski definition) is 2. The van der Waals surface area contributed by atoms with Crippen molar-refractivity contribution < 1.29 is 4.79 Å². The number of halogens is 1. The molecule has 1 amide bonds. The highest BCUT2D eigenvalue weighted by atomic mass is 35.5. The van der Waals surface area contributed by atoms with Gasteiger partial charge in [0.25, 0.3) is 5.91 Å². The summed E-state index contributed by atoms with van der Waals surface area (Å²) in [6.07, 6.45) is 3.19. The van der Waals surface area contributed by atoms with Crippen molar-refractivity contribution in [3.8, 4) is 0 Å². The van der Waals surface area contributed by atoms with E-state index in [1.807, 2.05) is 6.92 Å². The molecule has 0 aromatic carbocycles. The van der Waals surface area contributed by atoms with E-state index in [9.17, 15) is 4.79 Å². The molecule has 0 atom stereocenters. The Balaban J connectivity index is 2.18. The first-order valence-corrected chi connectivity index (χ1v) is 6.09. The molecule has 1 fully saturated rings. The summed E-state index contributed by atoms with van der Waals surface area (Å²) in [6.45, 7) is 2.05. The van der Waals surface area contributed by atoms with Gasteiger partial charge in [-0.15, -0.1) is 0 Å². The maximum Gasteiger partial charge on any atom is 0.271 e. The Labute approximate surface area is 106 Å². The summed E-state index contributed by atoms with van der Waals surface area (Å²) in [7, 11) is 1.76. The average Bonchev–Trinajstić information content (AvgIpc) is 2.27. The first-order valence-electron chi connectivity index (χ1n) is 5.71. The maximum atomic E-state index is 12.1. The zero-order valence-electron chi connectivity index (χ0n) is 10.0. The second kappa shape index (κ2) is 4.53. The topological polar surface area (TPSA) is 54.0 Å². The fourth-order valence-corrected chi connectivity index (χ4v) is 2.10. The molecular weight excluding hydrogens is 238 g/mol. The molecule has 17 heavy (non-hydrogen) atoms. The molecule has 1 aliphatic carbocycles. The molecule has 4 nitrogen and oxygen atoms in total. The summed E-state index contributed by atoms with van der Waals surface area (Å²) >= 11 is 5.99. The summed E-state index contributed by atoms with van der Waals surface area (Å²) in [5, 5.41) is 6.26. The summed E-state index contributed by atoms with van der Waals surface area (Å²) in [5.74, 6) is 0.438. The molecule has 0 unspecified atom stereocenters. The first kappa shape index (κ1) is 12.2. The van der Waals surface area contributed by atoms with E-state index in [-0.39, 0.29) is 17.1 Å². The van der Waals surface area contributed by atoms with Crippen LogP contribution in [0, 0.1) is 0 Å². The Morgan fingerprint density at radius 1 is 1.47 bits per heavy atom. The number of nitrogens with one attached hydrogen (secondary N) is 2. The third-order valence-corrected chi connectivity index (χ3v) is 3.49. The zero-order valence-corrected chi connectivity index (χ0v) is 10.8. The van der Waals surface area contributed by atoms with E-state index >= 15 is 0 Å². The van der Waals surface area contributed by atoms with Crippen LogP contribution in [0.1, 0.15) is 36.7 Å². The number of rotatable bonds is 3. The normalized spacial score (nSPS) is 17.1. The number of hydrogen-bond acceptors (Lipinski definition) is 3. The molecule has 0 saturated heterocycles. The molecule has 0 bridgehead atoms. The molecule has 1 saturated carbocycles. The van der Waals surface area contributed by atoms with Crippen molar-refractivity contribution in [2.24, 2.45) is 0 Å². The van der Waals surface area contributed by atoms with Crippen LogP contribution in [0.5, 0.6) is 0 Å². The molecule has 1 aliphatic rings. The summed E-state index contributed by atoms with van der Waals surface area (Å²) < 4.78 is 0. The molecule has 92 valence electrons. The molecule has 1 heterocycles. The van der Waals surface area contributed by atoms with Gasteiger partial charge in [-0.2, -0.15) is 0 Å². The lowest BCUT2D eigenvalue weighted by Crippen LogP contribution is -2.51. The largest absolute Gasteiger partial charge is 0.373 e. The van der Waals surface area contributed by atoms with Crippen LogP contribution in [0.15, 0.2) is 12.1 Å². The molecular formula is C12H16ClN3O. The van der Waals surface area contributed by atoms with Crippen molar-refractivity contribution in [3.63, 3.8) is 0 Å². The van der Waals surface area contributed by atoms with E-state index in [4.69, 9.17) is 11.6 Å². The molecule has 2 rings (SSSR count). The molecule has 2 N–H and O–H groups in total. The van der Waals surface area contributed by atoms with Crippen LogP contribution in [-0.4, -0.2) is 23.5 Å². The van der Waals surface area contributed by atoms with Crippen molar-refractivity contribution >= 4 is 23.3 Å². The van der Waals surface area contributed by atoms with Gasteiger partial charge in [-0.3, -0.25) is 4.79 Å². The maximum absolute atomic E-state index is 12.1. The second-order valence-corrected chi connectivity index (χ2v) is 5.05. The van der Waals surface area contributed by atoms with Crippen molar-refractivity contribution in [2.75, 3.05) is 12.4 Å². The SMILES string of the molecule is CNc1ccc(Cl)c(C(=O)NC2(C)CCC2)n1. The predicted octanol–water partition coefficient (Wildman–Crippen LogP) is 2.45. The van der Waals surface area contributed by atoms with Crippen LogP contribution in [0.3, 0.4) is 0 Å². The van der Waals surface area contributed by atoms with Gasteiger partial charge in [-0.05, 0) is 38.3 Å². The van der Waals surface area contributed by atoms with Gasteiger partial charge in [0, 0.05) is 12.6 Å². The minimum absolute atomic E-state index is 0.0856. The Kier molecular flexibility index (Phi) is 3.24. The van der Waals surface area contributed by atoms with E-state index in [1.165, 1.54) is 0 Å². The van der Waals surface area contributed by atoms with Gasteiger partial charge in [0.2, 0.25) is 0 Å². The third-order valence-electron chi connectivity index (χ3n) is 3.19. The highest BCUT2D eigenvalue weighted by molar-refractivity contribution is 6.33. The molecule has 5 heteroatoms. The van der Waals surface area contributed by atoms with E-state index < -0.39 is 0 Å². The molecule has 0 spiro atoms. The number of pyridine rings is 1. The Morgan fingerprint density at radius 3 is 2.71 bits per heavy atom. The minimum Gasteiger partial charge on any atom is -0.373 e. The van der Waals surface area contributed by atoms with Crippen LogP contribution in [0.25, 0.3) is 0 Å². The highest BCUT2D eigenvalue weighted by Crippen LogP contribution is 2.31. The lowest BCUT2D eigenvalue weighted by atomic mass is 9.78. The Hall–Kier alpha value is -1.29. The second-order valence-electron chi connectivity index (χ2n) is 4.65. The van der Waals surface area contributed by atoms with Crippen LogP contribution in [0.2, 0.25) is 5.02 Å². The van der Waals surface area contributed by atoms with Crippen molar-refractivity contribution in [1.82, 2.24) is 10.3 Å². The smallest absolute Gasteiger partial charge is 0.271 e. The number of aromatic nitrogens is 1. The van der Waals surface area contributed by atoms with Crippen LogP contribution in [0.4, 0.5) is 5.82 Å². The van der Waals surface area contributed by atoms with Crippen LogP contribution in [-0.2, 0) is 0 Å². The fourth-order valence-electron chi connectivity index (χ4n) is 1.91. The number of carbonyl (C=O) groups excluding carboxylic acids is 1. The number of nitrogens with zero attached hydrogens (tertiary/aromatic N) is 1. The predicted molar refractivity (Wildman–Crippen MR) is 68.5 cm³/mol. The van der Waals surface area contributed by atoms with Crippen molar-refractivity contribution in [2.45, 2.75) is 31.7 Å². The van der Waals surface area contributed by atoms with Crippen LogP contribution >= 0.6 is 11.6 Å². The highest BCUT2D eigenvalue weighted by Gasteiger charge is 2.34. The molecule has 0 aliphatic heterocycles.